The van der Waals surface area contributed by atoms with Gasteiger partial charge >= 0.3 is 0 Å². The summed E-state index contributed by atoms with van der Waals surface area (Å²) in [7, 11) is 0. The van der Waals surface area contributed by atoms with E-state index in [1.165, 1.54) is 5.56 Å². The van der Waals surface area contributed by atoms with Gasteiger partial charge in [0.2, 0.25) is 0 Å². The normalized spacial score (nSPS) is 17.9. The number of nitrogens with one attached hydrogen (secondary N) is 1. The van der Waals surface area contributed by atoms with Crippen LogP contribution in [-0.2, 0) is 17.9 Å². The lowest BCUT2D eigenvalue weighted by atomic mass is 10.1. The van der Waals surface area contributed by atoms with Crippen LogP contribution < -0.4 is 0 Å². The highest BCUT2D eigenvalue weighted by atomic mass is 32.1. The van der Waals surface area contributed by atoms with Crippen molar-refractivity contribution >= 4 is 11.3 Å². The number of hydrogen-bond donors (Lipinski definition) is 1. The number of H-pyrrole nitrogens is 1. The molecule has 0 atom stereocenters. The summed E-state index contributed by atoms with van der Waals surface area (Å²) in [6.07, 6.45) is 6.21. The van der Waals surface area contributed by atoms with E-state index in [9.17, 15) is 0 Å². The number of aromatic amines is 1. The Labute approximate surface area is 117 Å². The molecule has 0 radical (unpaired) electrons. The fraction of sp³-hybridized carbons (Fsp3) is 0.500. The molecule has 1 aliphatic heterocycles. The van der Waals surface area contributed by atoms with Crippen molar-refractivity contribution in [3.05, 3.63) is 40.6 Å². The Kier molecular flexibility index (Phi) is 4.27. The van der Waals surface area contributed by atoms with E-state index in [1.807, 2.05) is 6.20 Å². The highest BCUT2D eigenvalue weighted by molar-refractivity contribution is 7.07. The quantitative estimate of drug-likeness (QED) is 0.913. The van der Waals surface area contributed by atoms with Crippen molar-refractivity contribution in [3.63, 3.8) is 0 Å². The number of likely N-dealkylation sites (tertiary alicyclic amines) is 1. The van der Waals surface area contributed by atoms with Crippen molar-refractivity contribution in [1.29, 1.82) is 0 Å². The van der Waals surface area contributed by atoms with Gasteiger partial charge in [0.15, 0.2) is 0 Å². The van der Waals surface area contributed by atoms with E-state index in [1.54, 1.807) is 17.7 Å². The van der Waals surface area contributed by atoms with E-state index in [0.29, 0.717) is 12.7 Å². The number of imidazole rings is 1. The third kappa shape index (κ3) is 3.65. The third-order valence-electron chi connectivity index (χ3n) is 3.54. The molecule has 2 aromatic rings. The van der Waals surface area contributed by atoms with Crippen LogP contribution in [0.4, 0.5) is 0 Å². The fourth-order valence-corrected chi connectivity index (χ4v) is 3.11. The van der Waals surface area contributed by atoms with Gasteiger partial charge in [0.1, 0.15) is 0 Å². The monoisotopic (exact) mass is 277 g/mol. The third-order valence-corrected chi connectivity index (χ3v) is 4.27. The van der Waals surface area contributed by atoms with Crippen molar-refractivity contribution in [2.45, 2.75) is 32.1 Å². The van der Waals surface area contributed by atoms with Gasteiger partial charge in [-0.05, 0) is 35.2 Å². The van der Waals surface area contributed by atoms with Gasteiger partial charge in [-0.25, -0.2) is 4.98 Å². The second-order valence-electron chi connectivity index (χ2n) is 4.98. The maximum Gasteiger partial charge on any atom is 0.0924 e. The number of rotatable bonds is 5. The molecule has 0 saturated carbocycles. The van der Waals surface area contributed by atoms with Gasteiger partial charge in [-0.2, -0.15) is 11.3 Å². The summed E-state index contributed by atoms with van der Waals surface area (Å²) < 4.78 is 5.90. The molecule has 1 saturated heterocycles. The predicted octanol–water partition coefficient (Wildman–Crippen LogP) is 2.65. The van der Waals surface area contributed by atoms with E-state index in [2.05, 4.69) is 31.7 Å². The first-order valence-corrected chi connectivity index (χ1v) is 7.67. The Hall–Kier alpha value is -1.17. The molecular formula is C14H19N3OS. The van der Waals surface area contributed by atoms with E-state index in [4.69, 9.17) is 4.74 Å². The first-order valence-electron chi connectivity index (χ1n) is 6.73. The summed E-state index contributed by atoms with van der Waals surface area (Å²) >= 11 is 1.77. The minimum Gasteiger partial charge on any atom is -0.372 e. The molecule has 1 fully saturated rings. The van der Waals surface area contributed by atoms with Gasteiger partial charge in [-0.15, -0.1) is 0 Å². The molecule has 0 spiro atoms. The highest BCUT2D eigenvalue weighted by Gasteiger charge is 2.19. The lowest BCUT2D eigenvalue weighted by molar-refractivity contribution is -0.00509. The molecule has 0 aromatic carbocycles. The second-order valence-corrected chi connectivity index (χ2v) is 5.76. The molecule has 1 aliphatic rings. The van der Waals surface area contributed by atoms with Crippen LogP contribution in [0.3, 0.4) is 0 Å². The smallest absolute Gasteiger partial charge is 0.0924 e. The molecule has 2 aromatic heterocycles. The topological polar surface area (TPSA) is 41.1 Å². The predicted molar refractivity (Wildman–Crippen MR) is 76.0 cm³/mol. The maximum absolute atomic E-state index is 5.90. The van der Waals surface area contributed by atoms with Gasteiger partial charge in [-0.1, -0.05) is 0 Å². The number of thiophene rings is 1. The second kappa shape index (κ2) is 6.32. The maximum atomic E-state index is 5.90. The van der Waals surface area contributed by atoms with Crippen LogP contribution in [-0.4, -0.2) is 34.1 Å². The average Bonchev–Trinajstić information content (AvgIpc) is 3.11. The zero-order valence-corrected chi connectivity index (χ0v) is 11.7. The largest absolute Gasteiger partial charge is 0.372 e. The van der Waals surface area contributed by atoms with Gasteiger partial charge in [-0.3, -0.25) is 4.90 Å². The van der Waals surface area contributed by atoms with Crippen molar-refractivity contribution in [3.8, 4) is 0 Å². The van der Waals surface area contributed by atoms with Crippen LogP contribution >= 0.6 is 11.3 Å². The minimum atomic E-state index is 0.385. The van der Waals surface area contributed by atoms with Crippen LogP contribution in [0.5, 0.6) is 0 Å². The molecular weight excluding hydrogens is 258 g/mol. The first-order chi connectivity index (χ1) is 9.40. The number of piperidine rings is 1. The summed E-state index contributed by atoms with van der Waals surface area (Å²) in [5.41, 5.74) is 2.42. The number of ether oxygens (including phenoxy) is 1. The SMILES string of the molecule is c1nc(COC2CCN(Cc3ccsc3)CC2)c[nH]1. The average molecular weight is 277 g/mol. The first kappa shape index (κ1) is 12.8. The van der Waals surface area contributed by atoms with Crippen molar-refractivity contribution in [2.24, 2.45) is 0 Å². The number of aromatic nitrogens is 2. The van der Waals surface area contributed by atoms with E-state index >= 15 is 0 Å². The Morgan fingerprint density at radius 1 is 1.42 bits per heavy atom. The summed E-state index contributed by atoms with van der Waals surface area (Å²) in [4.78, 5) is 9.64. The molecule has 102 valence electrons. The molecule has 0 unspecified atom stereocenters. The molecule has 0 aliphatic carbocycles. The molecule has 3 heterocycles. The standard InChI is InChI=1S/C14H19N3OS/c1-4-17(8-12-3-6-19-10-12)5-2-14(1)18-9-13-7-15-11-16-13/h3,6-7,10-11,14H,1-2,4-5,8-9H2,(H,15,16). The van der Waals surface area contributed by atoms with E-state index in [0.717, 1.165) is 38.2 Å². The molecule has 3 rings (SSSR count). The summed E-state index contributed by atoms with van der Waals surface area (Å²) in [5.74, 6) is 0. The van der Waals surface area contributed by atoms with Crippen LogP contribution in [0.2, 0.25) is 0 Å². The molecule has 0 bridgehead atoms. The molecule has 0 amide bonds. The Bertz CT molecular complexity index is 461. The van der Waals surface area contributed by atoms with Gasteiger partial charge in [0.05, 0.1) is 24.7 Å². The van der Waals surface area contributed by atoms with Crippen molar-refractivity contribution in [1.82, 2.24) is 14.9 Å². The van der Waals surface area contributed by atoms with E-state index < -0.39 is 0 Å². The molecule has 19 heavy (non-hydrogen) atoms. The summed E-state index contributed by atoms with van der Waals surface area (Å²) in [6.45, 7) is 3.95. The van der Waals surface area contributed by atoms with Crippen LogP contribution in [0.25, 0.3) is 0 Å². The Morgan fingerprint density at radius 2 is 2.32 bits per heavy atom. The van der Waals surface area contributed by atoms with Crippen LogP contribution in [0.1, 0.15) is 24.1 Å². The molecule has 5 heteroatoms. The Morgan fingerprint density at radius 3 is 3.00 bits per heavy atom. The molecule has 4 nitrogen and oxygen atoms in total. The fourth-order valence-electron chi connectivity index (χ4n) is 2.45. The molecule has 1 N–H and O–H groups in total. The minimum absolute atomic E-state index is 0.385. The number of nitrogens with zero attached hydrogens (tertiary/aromatic N) is 2. The van der Waals surface area contributed by atoms with Gasteiger partial charge in [0, 0.05) is 25.8 Å². The van der Waals surface area contributed by atoms with Crippen molar-refractivity contribution < 1.29 is 4.74 Å². The lowest BCUT2D eigenvalue weighted by Gasteiger charge is -2.31. The zero-order chi connectivity index (χ0) is 12.9. The highest BCUT2D eigenvalue weighted by Crippen LogP contribution is 2.18. The zero-order valence-electron chi connectivity index (χ0n) is 10.9. The van der Waals surface area contributed by atoms with Gasteiger partial charge < -0.3 is 9.72 Å². The lowest BCUT2D eigenvalue weighted by Crippen LogP contribution is -2.36. The van der Waals surface area contributed by atoms with E-state index in [-0.39, 0.29) is 0 Å². The van der Waals surface area contributed by atoms with Crippen molar-refractivity contribution in [2.75, 3.05) is 13.1 Å². The summed E-state index contributed by atoms with van der Waals surface area (Å²) in [5, 5.41) is 4.38. The van der Waals surface area contributed by atoms with Crippen LogP contribution in [0.15, 0.2) is 29.4 Å². The number of hydrogen-bond acceptors (Lipinski definition) is 4. The summed E-state index contributed by atoms with van der Waals surface area (Å²) in [6, 6.07) is 2.21. The van der Waals surface area contributed by atoms with Crippen LogP contribution in [0, 0.1) is 0 Å². The Balaban J connectivity index is 1.39. The van der Waals surface area contributed by atoms with Gasteiger partial charge in [0.25, 0.3) is 0 Å².